The van der Waals surface area contributed by atoms with Crippen molar-refractivity contribution in [1.82, 2.24) is 9.88 Å². The molecule has 0 saturated carbocycles. The van der Waals surface area contributed by atoms with Crippen LogP contribution in [-0.4, -0.2) is 23.5 Å². The fourth-order valence-corrected chi connectivity index (χ4v) is 6.26. The molecule has 6 heteroatoms. The SMILES string of the molecule is [2H]C([2H])([2H])N1C=CN(c2cccc(Oc3cc4c(-c5cc(C(C)(C)C)ccn5)c5ccsc5cc4s3)c2)C1. The highest BCUT2D eigenvalue weighted by Gasteiger charge is 2.19. The number of fused-ring (bicyclic) bond motifs is 2. The van der Waals surface area contributed by atoms with Gasteiger partial charge in [-0.2, -0.15) is 0 Å². The van der Waals surface area contributed by atoms with E-state index >= 15 is 0 Å². The Kier molecular flexibility index (Phi) is 4.54. The summed E-state index contributed by atoms with van der Waals surface area (Å²) in [5.74, 6) is 0.700. The predicted octanol–water partition coefficient (Wildman–Crippen LogP) is 8.45. The summed E-state index contributed by atoms with van der Waals surface area (Å²) >= 11 is 3.35. The molecular weight excluding hydrogens is 470 g/mol. The number of anilines is 1. The van der Waals surface area contributed by atoms with Crippen molar-refractivity contribution in [2.45, 2.75) is 26.2 Å². The number of pyridine rings is 1. The number of hydrogen-bond acceptors (Lipinski definition) is 6. The first kappa shape index (κ1) is 18.9. The van der Waals surface area contributed by atoms with E-state index in [-0.39, 0.29) is 12.1 Å². The average Bonchev–Trinajstić information content (AvgIpc) is 3.61. The quantitative estimate of drug-likeness (QED) is 0.247. The molecule has 0 saturated heterocycles. The van der Waals surface area contributed by atoms with Crippen LogP contribution >= 0.6 is 22.7 Å². The maximum Gasteiger partial charge on any atom is 0.182 e. The maximum absolute atomic E-state index is 7.64. The van der Waals surface area contributed by atoms with E-state index in [1.807, 2.05) is 35.4 Å². The molecule has 4 nitrogen and oxygen atoms in total. The van der Waals surface area contributed by atoms with Crippen LogP contribution in [-0.2, 0) is 5.41 Å². The Labute approximate surface area is 217 Å². The van der Waals surface area contributed by atoms with Crippen LogP contribution < -0.4 is 9.64 Å². The van der Waals surface area contributed by atoms with E-state index in [1.165, 1.54) is 20.5 Å². The average molecular weight is 501 g/mol. The Balaban J connectivity index is 1.36. The molecule has 5 aromatic rings. The molecule has 0 radical (unpaired) electrons. The highest BCUT2D eigenvalue weighted by atomic mass is 32.1. The number of ether oxygens (including phenoxy) is 1. The summed E-state index contributed by atoms with van der Waals surface area (Å²) in [6.07, 6.45) is 5.29. The monoisotopic (exact) mass is 500 g/mol. The zero-order valence-corrected chi connectivity index (χ0v) is 21.4. The van der Waals surface area contributed by atoms with Gasteiger partial charge in [-0.3, -0.25) is 4.98 Å². The van der Waals surface area contributed by atoms with E-state index in [2.05, 4.69) is 56.5 Å². The van der Waals surface area contributed by atoms with Gasteiger partial charge in [-0.25, -0.2) is 0 Å². The Hall–Kier alpha value is -3.35. The predicted molar refractivity (Wildman–Crippen MR) is 150 cm³/mol. The molecule has 4 heterocycles. The molecule has 0 unspecified atom stereocenters. The van der Waals surface area contributed by atoms with Crippen LogP contribution in [0.5, 0.6) is 10.8 Å². The van der Waals surface area contributed by atoms with Gasteiger partial charge in [-0.05, 0) is 52.8 Å². The number of rotatable bonds is 4. The van der Waals surface area contributed by atoms with Gasteiger partial charge in [0, 0.05) is 73.2 Å². The molecule has 3 aromatic heterocycles. The minimum atomic E-state index is -2.16. The smallest absolute Gasteiger partial charge is 0.182 e. The molecule has 0 spiro atoms. The minimum Gasteiger partial charge on any atom is -0.447 e. The van der Waals surface area contributed by atoms with Crippen molar-refractivity contribution in [3.05, 3.63) is 84.1 Å². The summed E-state index contributed by atoms with van der Waals surface area (Å²) in [6.45, 7) is 4.76. The number of aromatic nitrogens is 1. The lowest BCUT2D eigenvalue weighted by Gasteiger charge is -2.19. The molecule has 35 heavy (non-hydrogen) atoms. The van der Waals surface area contributed by atoms with Crippen LogP contribution in [0.1, 0.15) is 30.4 Å². The molecule has 0 atom stereocenters. The number of hydrogen-bond donors (Lipinski definition) is 0. The van der Waals surface area contributed by atoms with Gasteiger partial charge in [0.15, 0.2) is 5.06 Å². The van der Waals surface area contributed by atoms with Crippen LogP contribution in [0.2, 0.25) is 0 Å². The summed E-state index contributed by atoms with van der Waals surface area (Å²) in [5.41, 5.74) is 4.25. The highest BCUT2D eigenvalue weighted by molar-refractivity contribution is 7.22. The van der Waals surface area contributed by atoms with Crippen LogP contribution in [0, 0.1) is 0 Å². The molecule has 176 valence electrons. The molecule has 0 amide bonds. The van der Waals surface area contributed by atoms with Gasteiger partial charge < -0.3 is 14.5 Å². The van der Waals surface area contributed by atoms with Crippen LogP contribution in [0.25, 0.3) is 31.4 Å². The molecule has 0 aliphatic carbocycles. The van der Waals surface area contributed by atoms with Crippen LogP contribution in [0.4, 0.5) is 5.69 Å². The van der Waals surface area contributed by atoms with Gasteiger partial charge in [-0.1, -0.05) is 38.2 Å². The van der Waals surface area contributed by atoms with Crippen LogP contribution in [0.3, 0.4) is 0 Å². The Morgan fingerprint density at radius 1 is 1.00 bits per heavy atom. The maximum atomic E-state index is 7.64. The van der Waals surface area contributed by atoms with Gasteiger partial charge in [0.05, 0.1) is 12.4 Å². The van der Waals surface area contributed by atoms with Crippen molar-refractivity contribution in [2.75, 3.05) is 18.5 Å². The summed E-state index contributed by atoms with van der Waals surface area (Å²) in [5, 5.41) is 5.26. The third kappa shape index (κ3) is 4.17. The van der Waals surface area contributed by atoms with Gasteiger partial charge in [0.1, 0.15) is 5.75 Å². The molecule has 0 fully saturated rings. The molecule has 2 aromatic carbocycles. The topological polar surface area (TPSA) is 28.6 Å². The van der Waals surface area contributed by atoms with Crippen molar-refractivity contribution < 1.29 is 8.85 Å². The van der Waals surface area contributed by atoms with E-state index in [4.69, 9.17) is 13.8 Å². The first-order valence-electron chi connectivity index (χ1n) is 13.0. The second-order valence-corrected chi connectivity index (χ2v) is 11.7. The van der Waals surface area contributed by atoms with E-state index in [0.717, 1.165) is 32.1 Å². The lowest BCUT2D eigenvalue weighted by Crippen LogP contribution is -2.21. The Morgan fingerprint density at radius 2 is 1.91 bits per heavy atom. The zero-order chi connectivity index (χ0) is 26.7. The third-order valence-electron chi connectivity index (χ3n) is 6.22. The van der Waals surface area contributed by atoms with E-state index in [0.29, 0.717) is 5.75 Å². The fourth-order valence-electron chi connectivity index (χ4n) is 4.38. The standard InChI is InChI=1S/C29H27N3OS2/c1-29(2,3)19-8-10-30-24(14-19)28-22-9-13-34-25(22)17-26-23(28)16-27(35-26)33-21-7-5-6-20(15-21)32-12-11-31(4)18-32/h5-17H,18H2,1-4H3/i4D3. The first-order valence-corrected chi connectivity index (χ1v) is 13.2. The van der Waals surface area contributed by atoms with Gasteiger partial charge >= 0.3 is 0 Å². The van der Waals surface area contributed by atoms with Crippen LogP contribution in [0.15, 0.2) is 78.6 Å². The second-order valence-electron chi connectivity index (χ2n) is 9.72. The molecule has 0 N–H and O–H groups in total. The normalized spacial score (nSPS) is 15.6. The van der Waals surface area contributed by atoms with Crippen molar-refractivity contribution in [2.24, 2.45) is 0 Å². The molecular formula is C29H27N3OS2. The van der Waals surface area contributed by atoms with Gasteiger partial charge in [0.25, 0.3) is 0 Å². The zero-order valence-electron chi connectivity index (χ0n) is 22.8. The van der Waals surface area contributed by atoms with Gasteiger partial charge in [-0.15, -0.1) is 11.3 Å². The molecule has 6 rings (SSSR count). The summed E-state index contributed by atoms with van der Waals surface area (Å²) in [6, 6.07) is 18.5. The number of thiophene rings is 2. The molecule has 1 aliphatic rings. The lowest BCUT2D eigenvalue weighted by atomic mass is 9.86. The van der Waals surface area contributed by atoms with E-state index in [9.17, 15) is 0 Å². The Bertz CT molecular complexity index is 1680. The second kappa shape index (κ2) is 8.40. The fraction of sp³-hybridized carbons (Fsp3) is 0.207. The summed E-state index contributed by atoms with van der Waals surface area (Å²) in [4.78, 5) is 8.02. The summed E-state index contributed by atoms with van der Waals surface area (Å²) in [7, 11) is 0. The lowest BCUT2D eigenvalue weighted by molar-refractivity contribution is 0.490. The first-order chi connectivity index (χ1) is 18.1. The van der Waals surface area contributed by atoms with Crippen molar-refractivity contribution >= 4 is 48.5 Å². The van der Waals surface area contributed by atoms with Crippen molar-refractivity contribution in [3.63, 3.8) is 0 Å². The number of benzene rings is 2. The largest absolute Gasteiger partial charge is 0.447 e. The minimum absolute atomic E-state index is 0.0261. The highest BCUT2D eigenvalue weighted by Crippen LogP contribution is 2.45. The number of nitrogens with zero attached hydrogens (tertiary/aromatic N) is 3. The van der Waals surface area contributed by atoms with Crippen molar-refractivity contribution in [3.8, 4) is 22.1 Å². The molecule has 0 bridgehead atoms. The van der Waals surface area contributed by atoms with Crippen molar-refractivity contribution in [1.29, 1.82) is 0 Å². The van der Waals surface area contributed by atoms with Gasteiger partial charge in [0.2, 0.25) is 0 Å². The van der Waals surface area contributed by atoms with E-state index < -0.39 is 6.98 Å². The third-order valence-corrected chi connectivity index (χ3v) is 8.04. The van der Waals surface area contributed by atoms with E-state index in [1.54, 1.807) is 35.1 Å². The Morgan fingerprint density at radius 3 is 2.74 bits per heavy atom. The molecule has 1 aliphatic heterocycles. The summed E-state index contributed by atoms with van der Waals surface area (Å²) < 4.78 is 31.7.